The Morgan fingerprint density at radius 3 is 2.65 bits per heavy atom. The molecule has 0 aromatic heterocycles. The van der Waals surface area contributed by atoms with Gasteiger partial charge in [0.2, 0.25) is 0 Å². The molecular formula is C15H30N2. The van der Waals surface area contributed by atoms with Crippen LogP contribution >= 0.6 is 0 Å². The minimum atomic E-state index is 0.191. The largest absolute Gasteiger partial charge is 0.308 e. The first-order valence-corrected chi connectivity index (χ1v) is 7.01. The van der Waals surface area contributed by atoms with Gasteiger partial charge in [0, 0.05) is 18.6 Å². The minimum absolute atomic E-state index is 0.191. The van der Waals surface area contributed by atoms with Gasteiger partial charge in [-0.05, 0) is 64.6 Å². The molecule has 1 aliphatic heterocycles. The van der Waals surface area contributed by atoms with E-state index in [1.165, 1.54) is 37.9 Å². The monoisotopic (exact) mass is 238 g/mol. The number of hydrogen-bond donors (Lipinski definition) is 1. The lowest BCUT2D eigenvalue weighted by molar-refractivity contribution is 0.300. The molecule has 17 heavy (non-hydrogen) atoms. The molecule has 1 N–H and O–H groups in total. The van der Waals surface area contributed by atoms with Crippen molar-refractivity contribution in [3.8, 4) is 0 Å². The van der Waals surface area contributed by atoms with E-state index in [0.29, 0.717) is 0 Å². The predicted octanol–water partition coefficient (Wildman–Crippen LogP) is 3.05. The number of likely N-dealkylation sites (tertiary alicyclic amines) is 1. The molecule has 0 aliphatic carbocycles. The van der Waals surface area contributed by atoms with Crippen molar-refractivity contribution in [2.24, 2.45) is 5.92 Å². The van der Waals surface area contributed by atoms with E-state index in [1.807, 2.05) is 0 Å². The third kappa shape index (κ3) is 6.85. The van der Waals surface area contributed by atoms with Gasteiger partial charge in [0.1, 0.15) is 0 Å². The van der Waals surface area contributed by atoms with Crippen molar-refractivity contribution in [3.63, 3.8) is 0 Å². The van der Waals surface area contributed by atoms with E-state index in [-0.39, 0.29) is 5.54 Å². The average molecular weight is 238 g/mol. The second-order valence-corrected chi connectivity index (χ2v) is 6.67. The summed E-state index contributed by atoms with van der Waals surface area (Å²) in [5.74, 6) is 0.904. The van der Waals surface area contributed by atoms with E-state index in [4.69, 9.17) is 0 Å². The summed E-state index contributed by atoms with van der Waals surface area (Å²) in [6.45, 7) is 17.7. The molecule has 1 rings (SSSR count). The molecule has 100 valence electrons. The molecule has 1 unspecified atom stereocenters. The Labute approximate surface area is 107 Å². The molecule has 0 spiro atoms. The first-order valence-electron chi connectivity index (χ1n) is 7.01. The van der Waals surface area contributed by atoms with Gasteiger partial charge in [0.15, 0.2) is 0 Å². The van der Waals surface area contributed by atoms with Crippen molar-refractivity contribution in [1.29, 1.82) is 0 Å². The van der Waals surface area contributed by atoms with E-state index in [1.54, 1.807) is 0 Å². The van der Waals surface area contributed by atoms with Crippen LogP contribution in [0.3, 0.4) is 0 Å². The van der Waals surface area contributed by atoms with Crippen molar-refractivity contribution in [1.82, 2.24) is 10.2 Å². The first kappa shape index (κ1) is 14.7. The zero-order valence-corrected chi connectivity index (χ0v) is 12.2. The molecule has 0 saturated carbocycles. The van der Waals surface area contributed by atoms with Crippen LogP contribution in [-0.4, -0.2) is 36.6 Å². The van der Waals surface area contributed by atoms with Crippen LogP contribution in [0.25, 0.3) is 0 Å². The average Bonchev–Trinajstić information content (AvgIpc) is 2.40. The fourth-order valence-electron chi connectivity index (χ4n) is 2.24. The molecule has 2 heteroatoms. The lowest BCUT2D eigenvalue weighted by Crippen LogP contribution is -2.39. The second-order valence-electron chi connectivity index (χ2n) is 6.67. The number of hydrogen-bond acceptors (Lipinski definition) is 2. The molecule has 2 nitrogen and oxygen atoms in total. The van der Waals surface area contributed by atoms with E-state index >= 15 is 0 Å². The van der Waals surface area contributed by atoms with E-state index in [9.17, 15) is 0 Å². The van der Waals surface area contributed by atoms with Gasteiger partial charge in [-0.2, -0.15) is 0 Å². The summed E-state index contributed by atoms with van der Waals surface area (Å²) >= 11 is 0. The molecule has 1 atom stereocenters. The zero-order chi connectivity index (χ0) is 12.9. The van der Waals surface area contributed by atoms with Gasteiger partial charge in [0.05, 0.1) is 0 Å². The highest BCUT2D eigenvalue weighted by atomic mass is 15.1. The summed E-state index contributed by atoms with van der Waals surface area (Å²) in [4.78, 5) is 2.57. The Morgan fingerprint density at radius 2 is 2.00 bits per heavy atom. The highest BCUT2D eigenvalue weighted by Gasteiger charge is 2.15. The smallest absolute Gasteiger partial charge is 0.0202 e. The Kier molecular flexibility index (Phi) is 5.68. The van der Waals surface area contributed by atoms with E-state index in [0.717, 1.165) is 19.0 Å². The summed E-state index contributed by atoms with van der Waals surface area (Å²) in [6, 6.07) is 0. The highest BCUT2D eigenvalue weighted by Crippen LogP contribution is 2.16. The summed E-state index contributed by atoms with van der Waals surface area (Å²) in [7, 11) is 0. The van der Waals surface area contributed by atoms with Crippen molar-refractivity contribution in [2.45, 2.75) is 52.5 Å². The third-order valence-corrected chi connectivity index (χ3v) is 3.43. The number of rotatable bonds is 4. The molecule has 1 fully saturated rings. The summed E-state index contributed by atoms with van der Waals surface area (Å²) < 4.78 is 0. The SMILES string of the molecule is C=C(CNC(C)(C)C)CN1CCCC(C)CC1. The van der Waals surface area contributed by atoms with E-state index in [2.05, 4.69) is 44.5 Å². The standard InChI is InChI=1S/C15H30N2/c1-13-7-6-9-17(10-8-13)12-14(2)11-16-15(3,4)5/h13,16H,2,6-12H2,1,3-5H3. The number of nitrogens with one attached hydrogen (secondary N) is 1. The summed E-state index contributed by atoms with van der Waals surface area (Å²) in [5, 5.41) is 3.51. The Morgan fingerprint density at radius 1 is 1.29 bits per heavy atom. The van der Waals surface area contributed by atoms with Gasteiger partial charge >= 0.3 is 0 Å². The second kappa shape index (κ2) is 6.55. The third-order valence-electron chi connectivity index (χ3n) is 3.43. The maximum absolute atomic E-state index is 4.20. The molecule has 0 aromatic rings. The molecular weight excluding hydrogens is 208 g/mol. The first-order chi connectivity index (χ1) is 7.87. The minimum Gasteiger partial charge on any atom is -0.308 e. The zero-order valence-electron chi connectivity index (χ0n) is 12.2. The topological polar surface area (TPSA) is 15.3 Å². The van der Waals surface area contributed by atoms with Crippen molar-refractivity contribution >= 4 is 0 Å². The molecule has 0 aromatic carbocycles. The van der Waals surface area contributed by atoms with Crippen LogP contribution in [0.1, 0.15) is 47.0 Å². The molecule has 0 radical (unpaired) electrons. The van der Waals surface area contributed by atoms with Crippen LogP contribution in [0.4, 0.5) is 0 Å². The molecule has 1 aliphatic rings. The summed E-state index contributed by atoms with van der Waals surface area (Å²) in [6.07, 6.45) is 4.09. The fraction of sp³-hybridized carbons (Fsp3) is 0.867. The predicted molar refractivity (Wildman–Crippen MR) is 76.4 cm³/mol. The lowest BCUT2D eigenvalue weighted by Gasteiger charge is -2.25. The van der Waals surface area contributed by atoms with Crippen molar-refractivity contribution in [2.75, 3.05) is 26.2 Å². The van der Waals surface area contributed by atoms with Gasteiger partial charge in [-0.15, -0.1) is 0 Å². The fourth-order valence-corrected chi connectivity index (χ4v) is 2.24. The van der Waals surface area contributed by atoms with Crippen LogP contribution in [0.15, 0.2) is 12.2 Å². The van der Waals surface area contributed by atoms with Crippen molar-refractivity contribution in [3.05, 3.63) is 12.2 Å². The number of nitrogens with zero attached hydrogens (tertiary/aromatic N) is 1. The van der Waals surface area contributed by atoms with Crippen molar-refractivity contribution < 1.29 is 0 Å². The van der Waals surface area contributed by atoms with Crippen LogP contribution in [0.5, 0.6) is 0 Å². The van der Waals surface area contributed by atoms with Crippen LogP contribution in [0.2, 0.25) is 0 Å². The van der Waals surface area contributed by atoms with Gasteiger partial charge < -0.3 is 5.32 Å². The lowest BCUT2D eigenvalue weighted by atomic mass is 10.0. The Bertz CT molecular complexity index is 240. The van der Waals surface area contributed by atoms with Crippen LogP contribution in [-0.2, 0) is 0 Å². The Balaban J connectivity index is 2.26. The van der Waals surface area contributed by atoms with Gasteiger partial charge in [-0.3, -0.25) is 4.90 Å². The molecule has 0 bridgehead atoms. The molecule has 0 amide bonds. The molecule has 1 heterocycles. The Hall–Kier alpha value is -0.340. The van der Waals surface area contributed by atoms with Gasteiger partial charge in [-0.25, -0.2) is 0 Å². The van der Waals surface area contributed by atoms with Gasteiger partial charge in [0.25, 0.3) is 0 Å². The normalized spacial score (nSPS) is 23.4. The van der Waals surface area contributed by atoms with Gasteiger partial charge in [-0.1, -0.05) is 13.5 Å². The quantitative estimate of drug-likeness (QED) is 0.757. The van der Waals surface area contributed by atoms with Crippen LogP contribution in [0, 0.1) is 5.92 Å². The van der Waals surface area contributed by atoms with Crippen LogP contribution < -0.4 is 5.32 Å². The highest BCUT2D eigenvalue weighted by molar-refractivity contribution is 5.01. The molecule has 1 saturated heterocycles. The maximum atomic E-state index is 4.20. The maximum Gasteiger partial charge on any atom is 0.0202 e. The summed E-state index contributed by atoms with van der Waals surface area (Å²) in [5.41, 5.74) is 1.51. The van der Waals surface area contributed by atoms with E-state index < -0.39 is 0 Å².